The topological polar surface area (TPSA) is 122 Å². The molecule has 0 aliphatic rings. The Bertz CT molecular complexity index is 679. The van der Waals surface area contributed by atoms with Crippen LogP contribution in [0.4, 0.5) is 5.69 Å². The lowest BCUT2D eigenvalue weighted by atomic mass is 10.0. The smallest absolute Gasteiger partial charge is 0.217 e. The fourth-order valence-corrected chi connectivity index (χ4v) is 3.62. The van der Waals surface area contributed by atoms with Gasteiger partial charge in [0, 0.05) is 25.8 Å². The zero-order chi connectivity index (χ0) is 22.9. The lowest BCUT2D eigenvalue weighted by molar-refractivity contribution is -0.119. The van der Waals surface area contributed by atoms with Gasteiger partial charge >= 0.3 is 0 Å². The van der Waals surface area contributed by atoms with Gasteiger partial charge in [-0.3, -0.25) is 15.0 Å². The van der Waals surface area contributed by atoms with Gasteiger partial charge in [-0.1, -0.05) is 50.7 Å². The molecule has 1 aromatic carbocycles. The Morgan fingerprint density at radius 3 is 1.90 bits per heavy atom. The van der Waals surface area contributed by atoms with E-state index in [1.165, 1.54) is 0 Å². The molecule has 0 bridgehead atoms. The maximum absolute atomic E-state index is 12.1. The van der Waals surface area contributed by atoms with E-state index in [4.69, 9.17) is 21.6 Å². The van der Waals surface area contributed by atoms with Crippen LogP contribution in [0.5, 0.6) is 5.75 Å². The van der Waals surface area contributed by atoms with Crippen molar-refractivity contribution in [2.45, 2.75) is 83.5 Å². The molecule has 0 aliphatic carbocycles. The quantitative estimate of drug-likeness (QED) is 0.179. The van der Waals surface area contributed by atoms with E-state index in [0.717, 1.165) is 69.9 Å². The highest BCUT2D eigenvalue weighted by Crippen LogP contribution is 2.27. The monoisotopic (exact) mass is 432 g/mol. The van der Waals surface area contributed by atoms with Crippen LogP contribution in [0.2, 0.25) is 0 Å². The molecule has 0 atom stereocenters. The molecule has 0 aromatic heterocycles. The van der Waals surface area contributed by atoms with E-state index < -0.39 is 0 Å². The van der Waals surface area contributed by atoms with E-state index in [2.05, 4.69) is 0 Å². The van der Waals surface area contributed by atoms with Gasteiger partial charge in [0.1, 0.15) is 11.5 Å². The molecule has 0 fully saturated rings. The SMILES string of the molecule is COc1ccccc1N(CCCCCC(=O)CCCCCCCCCC(N)=O)C(=N)N. The summed E-state index contributed by atoms with van der Waals surface area (Å²) < 4.78 is 5.37. The zero-order valence-corrected chi connectivity index (χ0v) is 19.0. The molecule has 0 saturated heterocycles. The first-order valence-electron chi connectivity index (χ1n) is 11.5. The van der Waals surface area contributed by atoms with Crippen LogP contribution in [0.3, 0.4) is 0 Å². The van der Waals surface area contributed by atoms with Crippen molar-refractivity contribution in [3.8, 4) is 5.75 Å². The maximum atomic E-state index is 12.1. The average Bonchev–Trinajstić information content (AvgIpc) is 2.74. The Labute approximate surface area is 187 Å². The number of rotatable bonds is 18. The number of para-hydroxylation sites is 2. The number of methoxy groups -OCH3 is 1. The number of carbonyl (C=O) groups is 2. The lowest BCUT2D eigenvalue weighted by Crippen LogP contribution is -2.37. The molecule has 0 radical (unpaired) electrons. The summed E-state index contributed by atoms with van der Waals surface area (Å²) in [5.41, 5.74) is 11.7. The van der Waals surface area contributed by atoms with Crippen molar-refractivity contribution in [1.82, 2.24) is 0 Å². The standard InChI is InChI=1S/C24H40N4O3/c1-31-22-17-12-11-16-21(22)28(24(26)27)19-13-7-9-15-20(29)14-8-5-3-2-4-6-10-18-23(25)30/h11-12,16-17H,2-10,13-15,18-19H2,1H3,(H2,25,30)(H3,26,27). The number of hydrogen-bond acceptors (Lipinski definition) is 4. The van der Waals surface area contributed by atoms with E-state index >= 15 is 0 Å². The minimum absolute atomic E-state index is 0.00607. The first kappa shape index (κ1) is 26.5. The van der Waals surface area contributed by atoms with Gasteiger partial charge in [0.25, 0.3) is 0 Å². The molecule has 0 spiro atoms. The minimum Gasteiger partial charge on any atom is -0.495 e. The van der Waals surface area contributed by atoms with Crippen molar-refractivity contribution >= 4 is 23.3 Å². The highest BCUT2D eigenvalue weighted by molar-refractivity contribution is 5.94. The van der Waals surface area contributed by atoms with E-state index in [9.17, 15) is 9.59 Å². The molecule has 31 heavy (non-hydrogen) atoms. The highest BCUT2D eigenvalue weighted by Gasteiger charge is 2.14. The number of hydrogen-bond donors (Lipinski definition) is 3. The van der Waals surface area contributed by atoms with Crippen LogP contribution in [0, 0.1) is 5.41 Å². The summed E-state index contributed by atoms with van der Waals surface area (Å²) in [6.07, 6.45) is 11.9. The Kier molecular flexibility index (Phi) is 13.8. The molecule has 7 heteroatoms. The molecule has 0 aliphatic heterocycles. The molecular weight excluding hydrogens is 392 g/mol. The summed E-state index contributed by atoms with van der Waals surface area (Å²) in [6.45, 7) is 0.628. The van der Waals surface area contributed by atoms with E-state index in [0.29, 0.717) is 37.3 Å². The number of carbonyl (C=O) groups excluding carboxylic acids is 2. The normalized spacial score (nSPS) is 10.6. The van der Waals surface area contributed by atoms with Crippen LogP contribution in [0.1, 0.15) is 83.5 Å². The van der Waals surface area contributed by atoms with Gasteiger partial charge in [-0.25, -0.2) is 0 Å². The summed E-state index contributed by atoms with van der Waals surface area (Å²) in [5, 5.41) is 7.86. The average molecular weight is 433 g/mol. The van der Waals surface area contributed by atoms with Crippen molar-refractivity contribution in [2.24, 2.45) is 11.5 Å². The van der Waals surface area contributed by atoms with Crippen LogP contribution < -0.4 is 21.1 Å². The van der Waals surface area contributed by atoms with Crippen molar-refractivity contribution < 1.29 is 14.3 Å². The number of ketones is 1. The molecule has 5 N–H and O–H groups in total. The van der Waals surface area contributed by atoms with Gasteiger partial charge in [0.05, 0.1) is 12.8 Å². The second kappa shape index (κ2) is 16.2. The Morgan fingerprint density at radius 1 is 0.839 bits per heavy atom. The summed E-state index contributed by atoms with van der Waals surface area (Å²) >= 11 is 0. The first-order chi connectivity index (χ1) is 15.0. The third-order valence-corrected chi connectivity index (χ3v) is 5.38. The fourth-order valence-electron chi connectivity index (χ4n) is 3.62. The van der Waals surface area contributed by atoms with Crippen molar-refractivity contribution in [3.05, 3.63) is 24.3 Å². The molecule has 0 unspecified atom stereocenters. The number of benzene rings is 1. The van der Waals surface area contributed by atoms with Crippen LogP contribution >= 0.6 is 0 Å². The number of unbranched alkanes of at least 4 members (excludes halogenated alkanes) is 8. The summed E-state index contributed by atoms with van der Waals surface area (Å²) in [4.78, 5) is 24.5. The second-order valence-corrected chi connectivity index (χ2v) is 8.00. The second-order valence-electron chi connectivity index (χ2n) is 8.00. The van der Waals surface area contributed by atoms with Crippen LogP contribution in [0.25, 0.3) is 0 Å². The van der Waals surface area contributed by atoms with E-state index in [-0.39, 0.29) is 11.9 Å². The highest BCUT2D eigenvalue weighted by atomic mass is 16.5. The Balaban J connectivity index is 2.10. The maximum Gasteiger partial charge on any atom is 0.217 e. The first-order valence-corrected chi connectivity index (χ1v) is 11.5. The number of Topliss-reactive ketones (excluding diaryl/α,β-unsaturated/α-hetero) is 1. The summed E-state index contributed by atoms with van der Waals surface area (Å²) in [6, 6.07) is 7.54. The van der Waals surface area contributed by atoms with Gasteiger partial charge in [-0.05, 0) is 37.8 Å². The molecule has 1 amide bonds. The van der Waals surface area contributed by atoms with Gasteiger partial charge in [-0.15, -0.1) is 0 Å². The number of anilines is 1. The molecular formula is C24H40N4O3. The third kappa shape index (κ3) is 12.0. The fraction of sp³-hybridized carbons (Fsp3) is 0.625. The van der Waals surface area contributed by atoms with Crippen molar-refractivity contribution in [3.63, 3.8) is 0 Å². The predicted molar refractivity (Wildman–Crippen MR) is 126 cm³/mol. The number of primary amides is 1. The lowest BCUT2D eigenvalue weighted by Gasteiger charge is -2.24. The van der Waals surface area contributed by atoms with Gasteiger partial charge < -0.3 is 21.1 Å². The summed E-state index contributed by atoms with van der Waals surface area (Å²) in [7, 11) is 1.61. The molecule has 1 aromatic rings. The zero-order valence-electron chi connectivity index (χ0n) is 19.0. The molecule has 1 rings (SSSR count). The molecule has 7 nitrogen and oxygen atoms in total. The number of nitrogens with zero attached hydrogens (tertiary/aromatic N) is 1. The van der Waals surface area contributed by atoms with Crippen molar-refractivity contribution in [1.29, 1.82) is 5.41 Å². The van der Waals surface area contributed by atoms with Crippen molar-refractivity contribution in [2.75, 3.05) is 18.6 Å². The molecule has 0 saturated carbocycles. The van der Waals surface area contributed by atoms with E-state index in [1.54, 1.807) is 12.0 Å². The van der Waals surface area contributed by atoms with Gasteiger partial charge in [0.15, 0.2) is 5.96 Å². The number of amides is 1. The van der Waals surface area contributed by atoms with Crippen LogP contribution in [0.15, 0.2) is 24.3 Å². The molecule has 0 heterocycles. The van der Waals surface area contributed by atoms with Gasteiger partial charge in [0.2, 0.25) is 5.91 Å². The Hall–Kier alpha value is -2.57. The summed E-state index contributed by atoms with van der Waals surface area (Å²) in [5.74, 6) is 0.813. The predicted octanol–water partition coefficient (Wildman–Crippen LogP) is 4.52. The largest absolute Gasteiger partial charge is 0.495 e. The van der Waals surface area contributed by atoms with Crippen LogP contribution in [-0.4, -0.2) is 31.3 Å². The van der Waals surface area contributed by atoms with Gasteiger partial charge in [-0.2, -0.15) is 0 Å². The van der Waals surface area contributed by atoms with Crippen LogP contribution in [-0.2, 0) is 9.59 Å². The van der Waals surface area contributed by atoms with E-state index in [1.807, 2.05) is 24.3 Å². The third-order valence-electron chi connectivity index (χ3n) is 5.38. The number of nitrogens with one attached hydrogen (secondary N) is 1. The Morgan fingerprint density at radius 2 is 1.35 bits per heavy atom. The minimum atomic E-state index is -0.217. The number of guanidine groups is 1. The number of ether oxygens (including phenoxy) is 1. The molecule has 174 valence electrons. The number of nitrogens with two attached hydrogens (primary N) is 2.